The van der Waals surface area contributed by atoms with Crippen LogP contribution in [0.5, 0.6) is 0 Å². The topological polar surface area (TPSA) is 57.5 Å². The number of rotatable bonds is 11. The number of nitriles is 1. The van der Waals surface area contributed by atoms with Gasteiger partial charge in [0.15, 0.2) is 0 Å². The SMILES string of the molecule is COCCOCCCNCC(C#N)CN(C)C. The Balaban J connectivity index is 3.29. The molecule has 5 heteroatoms. The van der Waals surface area contributed by atoms with Gasteiger partial charge in [-0.3, -0.25) is 0 Å². The van der Waals surface area contributed by atoms with E-state index in [1.54, 1.807) is 7.11 Å². The van der Waals surface area contributed by atoms with E-state index in [1.807, 2.05) is 19.0 Å². The number of ether oxygens (including phenoxy) is 2. The molecule has 0 radical (unpaired) electrons. The summed E-state index contributed by atoms with van der Waals surface area (Å²) < 4.78 is 10.2. The summed E-state index contributed by atoms with van der Waals surface area (Å²) in [7, 11) is 5.62. The molecule has 0 aromatic carbocycles. The summed E-state index contributed by atoms with van der Waals surface area (Å²) in [4.78, 5) is 2.03. The molecular weight excluding hydrogens is 218 g/mol. The number of hydrogen-bond acceptors (Lipinski definition) is 5. The molecular formula is C12H25N3O2. The van der Waals surface area contributed by atoms with Crippen LogP contribution in [0.3, 0.4) is 0 Å². The van der Waals surface area contributed by atoms with Gasteiger partial charge in [-0.1, -0.05) is 0 Å². The fraction of sp³-hybridized carbons (Fsp3) is 0.917. The predicted octanol–water partition coefficient (Wildman–Crippen LogP) is 0.330. The highest BCUT2D eigenvalue weighted by Crippen LogP contribution is 1.94. The average molecular weight is 243 g/mol. The Bertz CT molecular complexity index is 204. The number of hydrogen-bond donors (Lipinski definition) is 1. The van der Waals surface area contributed by atoms with Crippen molar-refractivity contribution in [1.29, 1.82) is 5.26 Å². The third-order valence-corrected chi connectivity index (χ3v) is 2.23. The Morgan fingerprint density at radius 1 is 1.29 bits per heavy atom. The summed E-state index contributed by atoms with van der Waals surface area (Å²) >= 11 is 0. The molecule has 0 spiro atoms. The molecule has 0 aliphatic rings. The van der Waals surface area contributed by atoms with E-state index >= 15 is 0 Å². The van der Waals surface area contributed by atoms with E-state index < -0.39 is 0 Å². The largest absolute Gasteiger partial charge is 0.382 e. The van der Waals surface area contributed by atoms with Crippen molar-refractivity contribution in [2.75, 3.05) is 60.7 Å². The molecule has 0 aliphatic heterocycles. The zero-order valence-corrected chi connectivity index (χ0v) is 11.2. The van der Waals surface area contributed by atoms with Crippen LogP contribution in [-0.2, 0) is 9.47 Å². The second-order valence-electron chi connectivity index (χ2n) is 4.25. The van der Waals surface area contributed by atoms with Gasteiger partial charge in [0.25, 0.3) is 0 Å². The Kier molecular flexibility index (Phi) is 11.3. The van der Waals surface area contributed by atoms with Crippen molar-refractivity contribution < 1.29 is 9.47 Å². The summed E-state index contributed by atoms with van der Waals surface area (Å²) in [6.45, 7) is 4.46. The minimum Gasteiger partial charge on any atom is -0.382 e. The molecule has 0 saturated carbocycles. The molecule has 1 atom stereocenters. The van der Waals surface area contributed by atoms with Gasteiger partial charge in [-0.25, -0.2) is 0 Å². The number of nitrogens with one attached hydrogen (secondary N) is 1. The molecule has 1 N–H and O–H groups in total. The van der Waals surface area contributed by atoms with E-state index in [9.17, 15) is 0 Å². The van der Waals surface area contributed by atoms with E-state index in [-0.39, 0.29) is 5.92 Å². The minimum atomic E-state index is 0.0550. The van der Waals surface area contributed by atoms with E-state index in [1.165, 1.54) is 0 Å². The minimum absolute atomic E-state index is 0.0550. The van der Waals surface area contributed by atoms with Crippen LogP contribution < -0.4 is 5.32 Å². The van der Waals surface area contributed by atoms with Crippen molar-refractivity contribution >= 4 is 0 Å². The first-order chi connectivity index (χ1) is 8.20. The van der Waals surface area contributed by atoms with Gasteiger partial charge >= 0.3 is 0 Å². The number of methoxy groups -OCH3 is 1. The summed E-state index contributed by atoms with van der Waals surface area (Å²) in [6.07, 6.45) is 0.962. The molecule has 0 aromatic heterocycles. The zero-order valence-electron chi connectivity index (χ0n) is 11.2. The molecule has 17 heavy (non-hydrogen) atoms. The van der Waals surface area contributed by atoms with Gasteiger partial charge in [-0.05, 0) is 27.1 Å². The molecule has 0 heterocycles. The summed E-state index contributed by atoms with van der Waals surface area (Å²) in [5.41, 5.74) is 0. The van der Waals surface area contributed by atoms with Crippen LogP contribution in [0.1, 0.15) is 6.42 Å². The molecule has 0 rings (SSSR count). The summed E-state index contributed by atoms with van der Waals surface area (Å²) in [5, 5.41) is 12.2. The lowest BCUT2D eigenvalue weighted by Crippen LogP contribution is -2.30. The maximum Gasteiger partial charge on any atom is 0.0714 e. The average Bonchev–Trinajstić information content (AvgIpc) is 2.30. The van der Waals surface area contributed by atoms with Crippen LogP contribution in [0.2, 0.25) is 0 Å². The van der Waals surface area contributed by atoms with Crippen LogP contribution >= 0.6 is 0 Å². The van der Waals surface area contributed by atoms with Crippen LogP contribution in [0.25, 0.3) is 0 Å². The second-order valence-corrected chi connectivity index (χ2v) is 4.25. The van der Waals surface area contributed by atoms with Gasteiger partial charge in [0.1, 0.15) is 0 Å². The van der Waals surface area contributed by atoms with Gasteiger partial charge in [-0.2, -0.15) is 5.26 Å². The zero-order chi connectivity index (χ0) is 12.9. The fourth-order valence-electron chi connectivity index (χ4n) is 1.41. The highest BCUT2D eigenvalue weighted by atomic mass is 16.5. The van der Waals surface area contributed by atoms with E-state index in [2.05, 4.69) is 11.4 Å². The summed E-state index contributed by atoms with van der Waals surface area (Å²) in [5.74, 6) is 0.0550. The van der Waals surface area contributed by atoms with Gasteiger partial charge in [0, 0.05) is 26.8 Å². The molecule has 0 aliphatic carbocycles. The lowest BCUT2D eigenvalue weighted by Gasteiger charge is -2.15. The van der Waals surface area contributed by atoms with Crippen molar-refractivity contribution in [1.82, 2.24) is 10.2 Å². The van der Waals surface area contributed by atoms with Crippen molar-refractivity contribution in [3.05, 3.63) is 0 Å². The standard InChI is InChI=1S/C12H25N3O2/c1-15(2)11-12(9-13)10-14-5-4-6-17-8-7-16-3/h12,14H,4-8,10-11H2,1-3H3. The maximum atomic E-state index is 8.92. The molecule has 0 amide bonds. The maximum absolute atomic E-state index is 8.92. The van der Waals surface area contributed by atoms with Crippen molar-refractivity contribution in [3.63, 3.8) is 0 Å². The van der Waals surface area contributed by atoms with Gasteiger partial charge < -0.3 is 19.7 Å². The highest BCUT2D eigenvalue weighted by Gasteiger charge is 2.07. The van der Waals surface area contributed by atoms with E-state index in [0.29, 0.717) is 13.2 Å². The molecule has 0 fully saturated rings. The first-order valence-electron chi connectivity index (χ1n) is 6.02. The van der Waals surface area contributed by atoms with Crippen molar-refractivity contribution in [2.45, 2.75) is 6.42 Å². The Labute approximate surface area is 105 Å². The normalized spacial score (nSPS) is 12.6. The van der Waals surface area contributed by atoms with E-state index in [0.717, 1.165) is 32.7 Å². The van der Waals surface area contributed by atoms with Crippen LogP contribution in [0, 0.1) is 17.2 Å². The molecule has 5 nitrogen and oxygen atoms in total. The highest BCUT2D eigenvalue weighted by molar-refractivity contribution is 4.85. The number of nitrogens with zero attached hydrogens (tertiary/aromatic N) is 2. The van der Waals surface area contributed by atoms with Crippen molar-refractivity contribution in [2.24, 2.45) is 5.92 Å². The Hall–Kier alpha value is -0.670. The lowest BCUT2D eigenvalue weighted by molar-refractivity contribution is 0.0694. The Morgan fingerprint density at radius 2 is 2.06 bits per heavy atom. The first-order valence-corrected chi connectivity index (χ1v) is 6.02. The van der Waals surface area contributed by atoms with Gasteiger partial charge in [0.2, 0.25) is 0 Å². The van der Waals surface area contributed by atoms with Gasteiger partial charge in [0.05, 0.1) is 25.2 Å². The second kappa shape index (κ2) is 11.8. The smallest absolute Gasteiger partial charge is 0.0714 e. The quantitative estimate of drug-likeness (QED) is 0.530. The lowest BCUT2D eigenvalue weighted by atomic mass is 10.1. The third-order valence-electron chi connectivity index (χ3n) is 2.23. The van der Waals surface area contributed by atoms with Crippen LogP contribution in [0.15, 0.2) is 0 Å². The van der Waals surface area contributed by atoms with E-state index in [4.69, 9.17) is 14.7 Å². The fourth-order valence-corrected chi connectivity index (χ4v) is 1.41. The Morgan fingerprint density at radius 3 is 2.65 bits per heavy atom. The molecule has 100 valence electrons. The third kappa shape index (κ3) is 11.6. The predicted molar refractivity (Wildman–Crippen MR) is 67.8 cm³/mol. The van der Waals surface area contributed by atoms with Crippen LogP contribution in [-0.4, -0.2) is 65.6 Å². The molecule has 1 unspecified atom stereocenters. The van der Waals surface area contributed by atoms with Gasteiger partial charge in [-0.15, -0.1) is 0 Å². The summed E-state index contributed by atoms with van der Waals surface area (Å²) in [6, 6.07) is 2.30. The molecule has 0 bridgehead atoms. The molecule has 0 aromatic rings. The first kappa shape index (κ1) is 16.3. The van der Waals surface area contributed by atoms with Crippen molar-refractivity contribution in [3.8, 4) is 6.07 Å². The molecule has 0 saturated heterocycles. The van der Waals surface area contributed by atoms with Crippen LogP contribution in [0.4, 0.5) is 0 Å². The monoisotopic (exact) mass is 243 g/mol.